The number of nitrogens with one attached hydrogen (secondary N) is 2. The Morgan fingerprint density at radius 1 is 0.430 bits per heavy atom. The summed E-state index contributed by atoms with van der Waals surface area (Å²) in [6.07, 6.45) is 17.7. The number of unbranched alkanes of at least 4 members (excludes halogenated alkanes) is 14. The number of amides is 2. The van der Waals surface area contributed by atoms with Gasteiger partial charge < -0.3 is 53.9 Å². The summed E-state index contributed by atoms with van der Waals surface area (Å²) in [7, 11) is 7.93. The van der Waals surface area contributed by atoms with E-state index in [0.717, 1.165) is 146 Å². The summed E-state index contributed by atoms with van der Waals surface area (Å²) in [6.45, 7) is 1.25. The number of carbonyl (C=O) groups excluding carboxylic acids is 3. The van der Waals surface area contributed by atoms with Crippen LogP contribution in [-0.4, -0.2) is 93.3 Å². The van der Waals surface area contributed by atoms with Gasteiger partial charge in [-0.3, -0.25) is 19.2 Å². The largest absolute Gasteiger partial charge is 1.00 e. The molecule has 0 fully saturated rings. The van der Waals surface area contributed by atoms with Gasteiger partial charge in [-0.05, 0) is 110 Å². The van der Waals surface area contributed by atoms with E-state index in [4.69, 9.17) is 33.1 Å². The first-order chi connectivity index (χ1) is 37.6. The summed E-state index contributed by atoms with van der Waals surface area (Å²) < 4.78 is 37.2. The van der Waals surface area contributed by atoms with Gasteiger partial charge in [0.2, 0.25) is 11.8 Å². The van der Waals surface area contributed by atoms with Crippen LogP contribution in [0.4, 0.5) is 0 Å². The Balaban J connectivity index is 0.000000405. The number of hydrogen-bond acceptors (Lipinski definition) is 14. The third-order valence-electron chi connectivity index (χ3n) is 13.1. The van der Waals surface area contributed by atoms with Crippen molar-refractivity contribution in [1.29, 1.82) is 0 Å². The van der Waals surface area contributed by atoms with Crippen molar-refractivity contribution in [2.45, 2.75) is 128 Å². The molecule has 18 heteroatoms. The van der Waals surface area contributed by atoms with Gasteiger partial charge in [0.15, 0.2) is 11.5 Å². The Hall–Kier alpha value is -7.06. The zero-order chi connectivity index (χ0) is 55.0. The maximum atomic E-state index is 12.8. The third kappa shape index (κ3) is 23.0. The van der Waals surface area contributed by atoms with Gasteiger partial charge in [-0.1, -0.05) is 112 Å². The normalized spacial score (nSPS) is 10.5. The molecule has 79 heavy (non-hydrogen) atoms. The van der Waals surface area contributed by atoms with E-state index in [1.807, 2.05) is 97.1 Å². The van der Waals surface area contributed by atoms with Gasteiger partial charge >= 0.3 is 30.8 Å². The number of carbonyl (C=O) groups is 4. The van der Waals surface area contributed by atoms with Crippen LogP contribution in [0.3, 0.4) is 0 Å². The molecule has 0 saturated heterocycles. The number of nitrogens with zero attached hydrogens (tertiary/aromatic N) is 2. The van der Waals surface area contributed by atoms with Crippen LogP contribution in [0.15, 0.2) is 106 Å². The van der Waals surface area contributed by atoms with Crippen LogP contribution in [0.25, 0.3) is 44.8 Å². The quantitative estimate of drug-likeness (QED) is 0.0194. The molecular weight excluding hydrogens is 1000 g/mol. The Kier molecular flexibility index (Phi) is 31.6. The second-order valence-corrected chi connectivity index (χ2v) is 18.8. The summed E-state index contributed by atoms with van der Waals surface area (Å²) in [4.78, 5) is 47.1. The van der Waals surface area contributed by atoms with Gasteiger partial charge in [-0.2, -0.15) is 0 Å². The van der Waals surface area contributed by atoms with Crippen LogP contribution < -0.4 is 48.4 Å². The molecule has 0 aliphatic carbocycles. The first-order valence-electron chi connectivity index (χ1n) is 26.9. The van der Waals surface area contributed by atoms with E-state index in [9.17, 15) is 19.2 Å². The standard InChI is InChI=1S/C31H40N2O6.C30H38N2O6.Li.H2O/c1-36-25-17-13-23(14-18-25)30-27(39-33-31(30)24-15-19-26(37-2)20-16-24)22-28(34)32-21-11-9-7-5-4-6-8-10-12-29(35)38-3;1-36-24-16-12-22(13-17-24)29-26(38-32-30(29)23-14-18-25(37-2)19-15-23)21-27(33)31-20-10-8-6-4-3-5-7-9-11-28(34)35;;/h13-20H,4-12,21-22H2,1-3H3,(H,32,34);12-19H,3-11,20-21H2,1-2H3,(H,31,33)(H,34,35);;1H2/q;;+1;/p-1. The molecule has 0 aliphatic rings. The molecule has 0 bridgehead atoms. The van der Waals surface area contributed by atoms with E-state index in [1.54, 1.807) is 28.4 Å². The van der Waals surface area contributed by atoms with Gasteiger partial charge in [0.05, 0.1) is 59.5 Å². The van der Waals surface area contributed by atoms with Crippen molar-refractivity contribution in [3.63, 3.8) is 0 Å². The minimum atomic E-state index is -0.718. The maximum absolute atomic E-state index is 12.8. The molecule has 17 nitrogen and oxygen atoms in total. The molecule has 0 saturated carbocycles. The molecule has 0 atom stereocenters. The molecule has 0 unspecified atom stereocenters. The topological polar surface area (TPSA) is 241 Å². The van der Waals surface area contributed by atoms with E-state index in [-0.39, 0.29) is 61.4 Å². The molecule has 4 aromatic carbocycles. The fourth-order valence-corrected chi connectivity index (χ4v) is 8.78. The molecule has 2 amide bonds. The van der Waals surface area contributed by atoms with Crippen molar-refractivity contribution in [2.75, 3.05) is 48.6 Å². The minimum Gasteiger partial charge on any atom is -0.870 e. The van der Waals surface area contributed by atoms with Crippen molar-refractivity contribution >= 4 is 23.8 Å². The summed E-state index contributed by atoms with van der Waals surface area (Å²) >= 11 is 0. The third-order valence-corrected chi connectivity index (χ3v) is 13.1. The van der Waals surface area contributed by atoms with Crippen LogP contribution in [-0.2, 0) is 36.8 Å². The summed E-state index contributed by atoms with van der Waals surface area (Å²) in [6, 6.07) is 30.5. The van der Waals surface area contributed by atoms with Gasteiger partial charge in [-0.25, -0.2) is 0 Å². The fraction of sp³-hybridized carbons (Fsp3) is 0.443. The first-order valence-corrected chi connectivity index (χ1v) is 26.9. The summed E-state index contributed by atoms with van der Waals surface area (Å²) in [5.74, 6) is 3.00. The zero-order valence-corrected chi connectivity index (χ0v) is 47.1. The SMILES string of the molecule is COC(=O)CCCCCCCCCCNC(=O)Cc1onc(-c2ccc(OC)cc2)c1-c1ccc(OC)cc1.COc1ccc(-c2noc(CC(=O)NCCCCCCCCCCC(=O)O)c2-c2ccc(OC)cc2)cc1.[Li+].[OH-]. The molecule has 0 spiro atoms. The number of carboxylic acid groups (broad SMARTS) is 1. The Labute approximate surface area is 477 Å². The number of rotatable bonds is 34. The van der Waals surface area contributed by atoms with E-state index >= 15 is 0 Å². The van der Waals surface area contributed by atoms with Crippen LogP contribution >= 0.6 is 0 Å². The van der Waals surface area contributed by atoms with Crippen molar-refractivity contribution in [3.8, 4) is 67.8 Å². The number of ether oxygens (including phenoxy) is 5. The molecule has 4 N–H and O–H groups in total. The number of carboxylic acids is 1. The van der Waals surface area contributed by atoms with Gasteiger partial charge in [0.25, 0.3) is 0 Å². The molecule has 422 valence electrons. The minimum absolute atomic E-state index is 0. The maximum Gasteiger partial charge on any atom is 1.00 e. The smallest absolute Gasteiger partial charge is 0.870 e. The fourth-order valence-electron chi connectivity index (χ4n) is 8.78. The Morgan fingerprint density at radius 3 is 1.03 bits per heavy atom. The second-order valence-electron chi connectivity index (χ2n) is 18.8. The molecule has 2 aromatic heterocycles. The van der Waals surface area contributed by atoms with Gasteiger partial charge in [0.1, 0.15) is 34.4 Å². The van der Waals surface area contributed by atoms with Crippen LogP contribution in [0.5, 0.6) is 23.0 Å². The summed E-state index contributed by atoms with van der Waals surface area (Å²) in [5.41, 5.74) is 6.47. The van der Waals surface area contributed by atoms with E-state index in [1.165, 1.54) is 20.0 Å². The number of methoxy groups -OCH3 is 5. The van der Waals surface area contributed by atoms with Crippen molar-refractivity contribution in [2.24, 2.45) is 0 Å². The molecular formula is C61H79LiN4O13. The number of benzene rings is 4. The number of hydrogen-bond donors (Lipinski definition) is 3. The van der Waals surface area contributed by atoms with Crippen molar-refractivity contribution in [3.05, 3.63) is 109 Å². The van der Waals surface area contributed by atoms with Crippen LogP contribution in [0, 0.1) is 0 Å². The van der Waals surface area contributed by atoms with E-state index in [2.05, 4.69) is 25.7 Å². The molecule has 2 heterocycles. The number of aromatic nitrogens is 2. The molecule has 6 aromatic rings. The van der Waals surface area contributed by atoms with Gasteiger partial charge in [-0.15, -0.1) is 0 Å². The predicted octanol–water partition coefficient (Wildman–Crippen LogP) is 9.48. The van der Waals surface area contributed by atoms with Crippen molar-refractivity contribution < 1.29 is 81.4 Å². The molecule has 0 radical (unpaired) electrons. The van der Waals surface area contributed by atoms with Crippen molar-refractivity contribution in [1.82, 2.24) is 20.9 Å². The monoisotopic (exact) mass is 1080 g/mol. The van der Waals surface area contributed by atoms with Crippen LogP contribution in [0.2, 0.25) is 0 Å². The van der Waals surface area contributed by atoms with E-state index in [0.29, 0.717) is 42.4 Å². The number of esters is 1. The summed E-state index contributed by atoms with van der Waals surface area (Å²) in [5, 5.41) is 23.3. The number of aliphatic carboxylic acids is 1. The first kappa shape index (κ1) is 66.2. The zero-order valence-electron chi connectivity index (χ0n) is 47.1. The average molecular weight is 1080 g/mol. The average Bonchev–Trinajstić information content (AvgIpc) is 4.17. The molecule has 6 rings (SSSR count). The van der Waals surface area contributed by atoms with Gasteiger partial charge in [0, 0.05) is 37.1 Å². The predicted molar refractivity (Wildman–Crippen MR) is 299 cm³/mol. The Bertz CT molecular complexity index is 2670. The van der Waals surface area contributed by atoms with E-state index < -0.39 is 5.97 Å². The second kappa shape index (κ2) is 37.7. The van der Waals surface area contributed by atoms with Crippen LogP contribution in [0.1, 0.15) is 127 Å². The Morgan fingerprint density at radius 2 is 0.722 bits per heavy atom. The molecule has 0 aliphatic heterocycles.